The lowest BCUT2D eigenvalue weighted by Gasteiger charge is -1.72. The van der Waals surface area contributed by atoms with E-state index in [4.69, 9.17) is 12.4 Å². The van der Waals surface area contributed by atoms with Crippen LogP contribution in [0.15, 0.2) is 0 Å². The average molecular weight is 103 g/mol. The molecule has 1 aliphatic heterocycles. The van der Waals surface area contributed by atoms with Crippen LogP contribution in [0.25, 0.3) is 0 Å². The molecule has 0 aliphatic carbocycles. The quantitative estimate of drug-likeness (QED) is 0.407. The van der Waals surface area contributed by atoms with Crippen LogP contribution in [0.5, 0.6) is 0 Å². The molecule has 34 valence electrons. The third-order valence-corrected chi connectivity index (χ3v) is 1.14. The molecule has 0 bridgehead atoms. The molecule has 0 atom stereocenters. The van der Waals surface area contributed by atoms with E-state index in [1.54, 1.807) is 0 Å². The Hall–Kier alpha value is -0.0200. The fraction of sp³-hybridized carbons (Fsp3) is 1.00. The molecule has 1 N–H and O–H groups in total. The number of hydrogen-bond acceptors (Lipinski definition) is 2. The summed E-state index contributed by atoms with van der Waals surface area (Å²) in [4.78, 5) is 0. The van der Waals surface area contributed by atoms with Crippen molar-refractivity contribution in [3.63, 3.8) is 0 Å². The fourth-order valence-electron chi connectivity index (χ4n) is 0.487. The van der Waals surface area contributed by atoms with Gasteiger partial charge in [-0.15, -0.1) is 3.95 Å². The van der Waals surface area contributed by atoms with Crippen LogP contribution in [0.1, 0.15) is 0 Å². The molecule has 6 heavy (non-hydrogen) atoms. The molecule has 0 spiro atoms. The lowest BCUT2D eigenvalue weighted by atomic mass is 10.7. The third kappa shape index (κ3) is 0.725. The predicted molar refractivity (Wildman–Crippen MR) is 25.4 cm³/mol. The molecule has 1 aliphatic rings. The zero-order valence-electron chi connectivity index (χ0n) is 3.48. The first-order chi connectivity index (χ1) is 2.89. The largest absolute Gasteiger partial charge is 0.264 e. The monoisotopic (exact) mass is 103 g/mol. The zero-order chi connectivity index (χ0) is 4.41. The van der Waals surface area contributed by atoms with Crippen molar-refractivity contribution in [2.24, 2.45) is 0 Å². The molecule has 1 saturated heterocycles. The van der Waals surface area contributed by atoms with Crippen molar-refractivity contribution in [1.29, 1.82) is 0 Å². The summed E-state index contributed by atoms with van der Waals surface area (Å²) in [7, 11) is 0. The molecule has 0 aromatic heterocycles. The van der Waals surface area contributed by atoms with E-state index in [0.29, 0.717) is 0 Å². The lowest BCUT2D eigenvalue weighted by molar-refractivity contribution is -0.476. The summed E-state index contributed by atoms with van der Waals surface area (Å²) < 4.78 is 1.83. The Kier molecular flexibility index (Phi) is 1.12. The van der Waals surface area contributed by atoms with E-state index >= 15 is 0 Å². The van der Waals surface area contributed by atoms with Crippen molar-refractivity contribution < 1.29 is 3.95 Å². The van der Waals surface area contributed by atoms with Gasteiger partial charge in [0.05, 0.1) is 6.54 Å². The number of hydrogen-bond donors (Lipinski definition) is 1. The topological polar surface area (TPSA) is 15.0 Å². The van der Waals surface area contributed by atoms with Gasteiger partial charge in [0.1, 0.15) is 0 Å². The van der Waals surface area contributed by atoms with Gasteiger partial charge in [-0.2, -0.15) is 0 Å². The summed E-state index contributed by atoms with van der Waals surface area (Å²) in [5, 5.41) is 3.09. The van der Waals surface area contributed by atoms with Crippen molar-refractivity contribution in [2.75, 3.05) is 19.8 Å². The molecule has 0 radical (unpaired) electrons. The van der Waals surface area contributed by atoms with Crippen LogP contribution in [0.4, 0.5) is 0 Å². The van der Waals surface area contributed by atoms with Gasteiger partial charge in [0, 0.05) is 0 Å². The first kappa shape index (κ1) is 4.15. The van der Waals surface area contributed by atoms with Crippen LogP contribution in [0.3, 0.4) is 0 Å². The average Bonchev–Trinajstić information content (AvgIpc) is 1.86. The molecule has 0 aromatic rings. The van der Waals surface area contributed by atoms with E-state index < -0.39 is 0 Å². The number of rotatable bonds is 0. The SMILES string of the molecule is S=[N+]1CCNC1. The minimum absolute atomic E-state index is 0.884. The van der Waals surface area contributed by atoms with E-state index in [9.17, 15) is 0 Å². The fourth-order valence-corrected chi connectivity index (χ4v) is 0.669. The summed E-state index contributed by atoms with van der Waals surface area (Å²) in [6.07, 6.45) is 0. The maximum atomic E-state index is 4.77. The molecule has 1 rings (SSSR count). The van der Waals surface area contributed by atoms with Crippen molar-refractivity contribution in [3.05, 3.63) is 0 Å². The second-order valence-corrected chi connectivity index (χ2v) is 1.88. The zero-order valence-corrected chi connectivity index (χ0v) is 4.29. The van der Waals surface area contributed by atoms with Crippen molar-refractivity contribution in [1.82, 2.24) is 5.32 Å². The second-order valence-electron chi connectivity index (χ2n) is 1.36. The predicted octanol–water partition coefficient (Wildman–Crippen LogP) is -0.710. The summed E-state index contributed by atoms with van der Waals surface area (Å²) >= 11 is 4.77. The van der Waals surface area contributed by atoms with Crippen LogP contribution >= 0.6 is 0 Å². The van der Waals surface area contributed by atoms with Gasteiger partial charge >= 0.3 is 0 Å². The molecular weight excluding hydrogens is 96.1 g/mol. The van der Waals surface area contributed by atoms with Crippen LogP contribution in [-0.4, -0.2) is 23.7 Å². The number of nitrogens with one attached hydrogen (secondary N) is 1. The smallest absolute Gasteiger partial charge is 0.255 e. The van der Waals surface area contributed by atoms with Gasteiger partial charge in [0.25, 0.3) is 12.4 Å². The minimum atomic E-state index is 0.884. The summed E-state index contributed by atoms with van der Waals surface area (Å²) in [5.41, 5.74) is 0. The Morgan fingerprint density at radius 1 is 1.67 bits per heavy atom. The molecule has 0 aromatic carbocycles. The molecule has 0 amide bonds. The molecule has 3 heteroatoms. The number of nitrogens with zero attached hydrogens (tertiary/aromatic N) is 1. The highest BCUT2D eigenvalue weighted by molar-refractivity contribution is 7.44. The van der Waals surface area contributed by atoms with Crippen molar-refractivity contribution in [2.45, 2.75) is 0 Å². The van der Waals surface area contributed by atoms with Gasteiger partial charge in [-0.25, -0.2) is 0 Å². The first-order valence-electron chi connectivity index (χ1n) is 2.02. The molecular formula is C3H7N2S+. The highest BCUT2D eigenvalue weighted by Gasteiger charge is 2.08. The van der Waals surface area contributed by atoms with Gasteiger partial charge in [-0.1, -0.05) is 0 Å². The molecule has 1 fully saturated rings. The maximum Gasteiger partial charge on any atom is 0.264 e. The van der Waals surface area contributed by atoms with E-state index in [1.165, 1.54) is 0 Å². The Morgan fingerprint density at radius 2 is 2.50 bits per heavy atom. The van der Waals surface area contributed by atoms with Crippen LogP contribution in [0.2, 0.25) is 0 Å². The van der Waals surface area contributed by atoms with Crippen LogP contribution < -0.4 is 5.32 Å². The Labute approximate surface area is 42.3 Å². The molecule has 1 heterocycles. The van der Waals surface area contributed by atoms with Crippen molar-refractivity contribution in [3.8, 4) is 0 Å². The van der Waals surface area contributed by atoms with Gasteiger partial charge < -0.3 is 0 Å². The van der Waals surface area contributed by atoms with Gasteiger partial charge in [0.2, 0.25) is 6.67 Å². The van der Waals surface area contributed by atoms with Crippen molar-refractivity contribution >= 4 is 12.4 Å². The molecule has 2 nitrogen and oxygen atoms in total. The van der Waals surface area contributed by atoms with Crippen LogP contribution in [0, 0.1) is 0 Å². The Bertz CT molecular complexity index is 63.2. The van der Waals surface area contributed by atoms with E-state index in [1.807, 2.05) is 3.95 Å². The van der Waals surface area contributed by atoms with E-state index in [0.717, 1.165) is 19.8 Å². The van der Waals surface area contributed by atoms with Gasteiger partial charge in [-0.3, -0.25) is 5.32 Å². The van der Waals surface area contributed by atoms with Gasteiger partial charge in [-0.05, 0) is 0 Å². The highest BCUT2D eigenvalue weighted by atomic mass is 32.1. The Balaban J connectivity index is 2.37. The summed E-state index contributed by atoms with van der Waals surface area (Å²) in [6, 6.07) is 0. The van der Waals surface area contributed by atoms with Gasteiger partial charge in [0.15, 0.2) is 6.54 Å². The molecule has 0 unspecified atom stereocenters. The Morgan fingerprint density at radius 3 is 2.67 bits per heavy atom. The van der Waals surface area contributed by atoms with E-state index in [2.05, 4.69) is 5.32 Å². The lowest BCUT2D eigenvalue weighted by Crippen LogP contribution is -2.08. The highest BCUT2D eigenvalue weighted by Crippen LogP contribution is 1.75. The third-order valence-electron chi connectivity index (χ3n) is 0.826. The van der Waals surface area contributed by atoms with E-state index in [-0.39, 0.29) is 0 Å². The first-order valence-corrected chi connectivity index (χ1v) is 2.39. The normalized spacial score (nSPS) is 22.3. The second kappa shape index (κ2) is 1.62. The van der Waals surface area contributed by atoms with Crippen LogP contribution in [-0.2, 0) is 12.4 Å². The minimum Gasteiger partial charge on any atom is -0.255 e. The summed E-state index contributed by atoms with van der Waals surface area (Å²) in [5.74, 6) is 0. The maximum absolute atomic E-state index is 4.77. The summed E-state index contributed by atoms with van der Waals surface area (Å²) in [6.45, 7) is 2.97. The standard InChI is InChI=1S/C3H7N2S/c6-5-2-1-4-3-5/h4H,1-3H2/q+1. The molecule has 0 saturated carbocycles.